The van der Waals surface area contributed by atoms with Crippen LogP contribution >= 0.6 is 0 Å². The third-order valence-electron chi connectivity index (χ3n) is 5.13. The maximum absolute atomic E-state index is 13.6. The van der Waals surface area contributed by atoms with Crippen molar-refractivity contribution in [3.8, 4) is 0 Å². The molecule has 1 atom stereocenters. The van der Waals surface area contributed by atoms with E-state index in [9.17, 15) is 14.0 Å². The van der Waals surface area contributed by atoms with Crippen molar-refractivity contribution in [2.24, 2.45) is 5.92 Å². The highest BCUT2D eigenvalue weighted by molar-refractivity contribution is 6.07. The van der Waals surface area contributed by atoms with E-state index in [4.69, 9.17) is 4.74 Å². The van der Waals surface area contributed by atoms with Crippen LogP contribution in [0.5, 0.6) is 0 Å². The topological polar surface area (TPSA) is 70.7 Å². The third-order valence-corrected chi connectivity index (χ3v) is 5.13. The molecule has 0 aromatic heterocycles. The Balaban J connectivity index is 1.92. The molecule has 0 radical (unpaired) electrons. The van der Waals surface area contributed by atoms with Crippen LogP contribution in [-0.2, 0) is 16.0 Å². The lowest BCUT2D eigenvalue weighted by Crippen LogP contribution is -2.57. The Hall–Kier alpha value is -1.99. The molecule has 2 N–H and O–H groups in total. The monoisotopic (exact) mass is 349 g/mol. The van der Waals surface area contributed by atoms with Crippen molar-refractivity contribution in [2.45, 2.75) is 24.8 Å². The average molecular weight is 349 g/mol. The first-order valence-corrected chi connectivity index (χ1v) is 8.65. The molecular formula is C18H24FN3O3. The fourth-order valence-electron chi connectivity index (χ4n) is 3.85. The SMILES string of the molecule is COCCN1C(=O)NC(Cc2cccc(F)c2)(C2CCNCC2)C1=O. The summed E-state index contributed by atoms with van der Waals surface area (Å²) >= 11 is 0. The predicted molar refractivity (Wildman–Crippen MR) is 90.5 cm³/mol. The molecule has 3 rings (SSSR count). The number of nitrogens with one attached hydrogen (secondary N) is 2. The number of halogens is 1. The van der Waals surface area contributed by atoms with Crippen molar-refractivity contribution >= 4 is 11.9 Å². The quantitative estimate of drug-likeness (QED) is 0.760. The number of carbonyl (C=O) groups is 2. The highest BCUT2D eigenvalue weighted by atomic mass is 19.1. The first-order chi connectivity index (χ1) is 12.1. The van der Waals surface area contributed by atoms with E-state index in [0.717, 1.165) is 25.9 Å². The Bertz CT molecular complexity index is 648. The van der Waals surface area contributed by atoms with Crippen LogP contribution < -0.4 is 10.6 Å². The Morgan fingerprint density at radius 3 is 2.76 bits per heavy atom. The number of imide groups is 1. The van der Waals surface area contributed by atoms with E-state index in [1.807, 2.05) is 0 Å². The second kappa shape index (κ2) is 7.49. The van der Waals surface area contributed by atoms with Gasteiger partial charge in [-0.05, 0) is 49.5 Å². The van der Waals surface area contributed by atoms with E-state index in [1.54, 1.807) is 12.1 Å². The summed E-state index contributed by atoms with van der Waals surface area (Å²) in [5, 5.41) is 6.23. The van der Waals surface area contributed by atoms with Crippen molar-refractivity contribution in [3.05, 3.63) is 35.6 Å². The van der Waals surface area contributed by atoms with E-state index in [-0.39, 0.29) is 24.2 Å². The zero-order valence-corrected chi connectivity index (χ0v) is 14.4. The van der Waals surface area contributed by atoms with Gasteiger partial charge in [-0.15, -0.1) is 0 Å². The van der Waals surface area contributed by atoms with E-state index in [1.165, 1.54) is 24.1 Å². The van der Waals surface area contributed by atoms with Crippen LogP contribution in [-0.4, -0.2) is 55.7 Å². The number of nitrogens with zero attached hydrogens (tertiary/aromatic N) is 1. The second-order valence-electron chi connectivity index (χ2n) is 6.68. The van der Waals surface area contributed by atoms with Gasteiger partial charge in [0.2, 0.25) is 0 Å². The summed E-state index contributed by atoms with van der Waals surface area (Å²) in [5.74, 6) is -0.558. The van der Waals surface area contributed by atoms with Gasteiger partial charge in [-0.2, -0.15) is 0 Å². The first kappa shape index (κ1) is 17.8. The standard InChI is InChI=1S/C18H24FN3O3/c1-25-10-9-22-16(23)18(21-17(22)24,14-5-7-20-8-6-14)12-13-3-2-4-15(19)11-13/h2-4,11,14,20H,5-10,12H2,1H3,(H,21,24). The summed E-state index contributed by atoms with van der Waals surface area (Å²) in [4.78, 5) is 26.9. The highest BCUT2D eigenvalue weighted by Gasteiger charge is 2.55. The van der Waals surface area contributed by atoms with Crippen LogP contribution in [0.2, 0.25) is 0 Å². The number of rotatable bonds is 6. The molecule has 0 spiro atoms. The number of hydrogen-bond donors (Lipinski definition) is 2. The van der Waals surface area contributed by atoms with Gasteiger partial charge in [0.15, 0.2) is 0 Å². The summed E-state index contributed by atoms with van der Waals surface area (Å²) in [6.07, 6.45) is 1.88. The molecule has 0 aliphatic carbocycles. The minimum Gasteiger partial charge on any atom is -0.383 e. The minimum absolute atomic E-state index is 0.0148. The Morgan fingerprint density at radius 1 is 1.32 bits per heavy atom. The summed E-state index contributed by atoms with van der Waals surface area (Å²) < 4.78 is 18.6. The summed E-state index contributed by atoms with van der Waals surface area (Å²) in [6.45, 7) is 2.12. The van der Waals surface area contributed by atoms with E-state index in [0.29, 0.717) is 18.6 Å². The van der Waals surface area contributed by atoms with Crippen LogP contribution in [0.15, 0.2) is 24.3 Å². The molecule has 2 saturated heterocycles. The van der Waals surface area contributed by atoms with Crippen LogP contribution in [0.1, 0.15) is 18.4 Å². The molecule has 1 unspecified atom stereocenters. The Kier molecular flexibility index (Phi) is 5.34. The zero-order chi connectivity index (χ0) is 17.9. The second-order valence-corrected chi connectivity index (χ2v) is 6.68. The Morgan fingerprint density at radius 2 is 2.08 bits per heavy atom. The molecular weight excluding hydrogens is 325 g/mol. The normalized spacial score (nSPS) is 24.6. The smallest absolute Gasteiger partial charge is 0.325 e. The molecule has 0 saturated carbocycles. The van der Waals surface area contributed by atoms with E-state index >= 15 is 0 Å². The summed E-state index contributed by atoms with van der Waals surface area (Å²) in [7, 11) is 1.53. The lowest BCUT2D eigenvalue weighted by atomic mass is 9.74. The van der Waals surface area contributed by atoms with Gasteiger partial charge in [-0.1, -0.05) is 12.1 Å². The van der Waals surface area contributed by atoms with Gasteiger partial charge >= 0.3 is 6.03 Å². The fourth-order valence-corrected chi connectivity index (χ4v) is 3.85. The van der Waals surface area contributed by atoms with Gasteiger partial charge in [0, 0.05) is 13.5 Å². The highest BCUT2D eigenvalue weighted by Crippen LogP contribution is 2.35. The zero-order valence-electron chi connectivity index (χ0n) is 14.4. The molecule has 25 heavy (non-hydrogen) atoms. The summed E-state index contributed by atoms with van der Waals surface area (Å²) in [6, 6.07) is 5.84. The lowest BCUT2D eigenvalue weighted by Gasteiger charge is -2.38. The predicted octanol–water partition coefficient (Wildman–Crippen LogP) is 1.30. The molecule has 3 amide bonds. The van der Waals surface area contributed by atoms with E-state index < -0.39 is 11.6 Å². The van der Waals surface area contributed by atoms with E-state index in [2.05, 4.69) is 10.6 Å². The number of amides is 3. The maximum atomic E-state index is 13.6. The largest absolute Gasteiger partial charge is 0.383 e. The molecule has 0 bridgehead atoms. The van der Waals surface area contributed by atoms with Gasteiger partial charge in [0.05, 0.1) is 13.2 Å². The van der Waals surface area contributed by atoms with Crippen LogP contribution in [0.4, 0.5) is 9.18 Å². The molecule has 7 heteroatoms. The number of benzene rings is 1. The van der Waals surface area contributed by atoms with Gasteiger partial charge in [0.1, 0.15) is 11.4 Å². The van der Waals surface area contributed by atoms with Crippen molar-refractivity contribution in [3.63, 3.8) is 0 Å². The first-order valence-electron chi connectivity index (χ1n) is 8.65. The van der Waals surface area contributed by atoms with Gasteiger partial charge in [-0.25, -0.2) is 9.18 Å². The molecule has 1 aromatic rings. The Labute approximate surface area is 146 Å². The van der Waals surface area contributed by atoms with Crippen LogP contribution in [0.25, 0.3) is 0 Å². The lowest BCUT2D eigenvalue weighted by molar-refractivity contribution is -0.134. The molecule has 2 aliphatic heterocycles. The third kappa shape index (κ3) is 3.52. The van der Waals surface area contributed by atoms with Crippen molar-refractivity contribution in [1.82, 2.24) is 15.5 Å². The van der Waals surface area contributed by atoms with Crippen LogP contribution in [0.3, 0.4) is 0 Å². The van der Waals surface area contributed by atoms with Crippen LogP contribution in [0, 0.1) is 11.7 Å². The number of ether oxygens (including phenoxy) is 1. The average Bonchev–Trinajstić information content (AvgIpc) is 2.85. The van der Waals surface area contributed by atoms with Gasteiger partial charge < -0.3 is 15.4 Å². The van der Waals surface area contributed by atoms with Crippen molar-refractivity contribution in [1.29, 1.82) is 0 Å². The molecule has 2 heterocycles. The molecule has 136 valence electrons. The number of piperidine rings is 1. The van der Waals surface area contributed by atoms with Crippen molar-refractivity contribution in [2.75, 3.05) is 33.4 Å². The van der Waals surface area contributed by atoms with Gasteiger partial charge in [0.25, 0.3) is 5.91 Å². The number of hydrogen-bond acceptors (Lipinski definition) is 4. The molecule has 2 aliphatic rings. The minimum atomic E-state index is -1.01. The molecule has 1 aromatic carbocycles. The molecule has 6 nitrogen and oxygen atoms in total. The number of carbonyl (C=O) groups excluding carboxylic acids is 2. The summed E-state index contributed by atoms with van der Waals surface area (Å²) in [5.41, 5.74) is -0.304. The van der Waals surface area contributed by atoms with Gasteiger partial charge in [-0.3, -0.25) is 9.69 Å². The maximum Gasteiger partial charge on any atom is 0.325 e. The fraction of sp³-hybridized carbons (Fsp3) is 0.556. The van der Waals surface area contributed by atoms with Crippen molar-refractivity contribution < 1.29 is 18.7 Å². The number of methoxy groups -OCH3 is 1. The molecule has 2 fully saturated rings. The number of urea groups is 1.